The van der Waals surface area contributed by atoms with Crippen molar-refractivity contribution >= 4 is 22.6 Å². The standard InChI is InChI=1S/C10H15IN2O/c1-7-5-10(11)12-13(7)6-9-4-3-8(2)14-9/h5,8-9H,3-4,6H2,1-2H3. The largest absolute Gasteiger partial charge is 0.373 e. The van der Waals surface area contributed by atoms with Crippen LogP contribution in [0.2, 0.25) is 0 Å². The van der Waals surface area contributed by atoms with Crippen LogP contribution in [0.25, 0.3) is 0 Å². The summed E-state index contributed by atoms with van der Waals surface area (Å²) in [6.45, 7) is 5.13. The molecule has 1 aliphatic heterocycles. The van der Waals surface area contributed by atoms with Gasteiger partial charge in [-0.3, -0.25) is 4.68 Å². The molecule has 78 valence electrons. The molecule has 2 atom stereocenters. The highest BCUT2D eigenvalue weighted by molar-refractivity contribution is 14.1. The zero-order valence-corrected chi connectivity index (χ0v) is 10.7. The topological polar surface area (TPSA) is 27.1 Å². The van der Waals surface area contributed by atoms with E-state index in [1.165, 1.54) is 12.1 Å². The summed E-state index contributed by atoms with van der Waals surface area (Å²) in [4.78, 5) is 0. The number of halogens is 1. The van der Waals surface area contributed by atoms with Gasteiger partial charge in [0.05, 0.1) is 18.8 Å². The summed E-state index contributed by atoms with van der Waals surface area (Å²) in [5.74, 6) is 0. The molecule has 14 heavy (non-hydrogen) atoms. The number of nitrogens with zero attached hydrogens (tertiary/aromatic N) is 2. The lowest BCUT2D eigenvalue weighted by Crippen LogP contribution is -2.18. The summed E-state index contributed by atoms with van der Waals surface area (Å²) in [5, 5.41) is 4.42. The number of rotatable bonds is 2. The Kier molecular flexibility index (Phi) is 3.11. The average molecular weight is 306 g/mol. The van der Waals surface area contributed by atoms with Gasteiger partial charge in [-0.1, -0.05) is 0 Å². The van der Waals surface area contributed by atoms with Gasteiger partial charge in [0, 0.05) is 5.69 Å². The van der Waals surface area contributed by atoms with Gasteiger partial charge in [0.2, 0.25) is 0 Å². The van der Waals surface area contributed by atoms with Crippen molar-refractivity contribution in [2.75, 3.05) is 0 Å². The van der Waals surface area contributed by atoms with Crippen LogP contribution in [0, 0.1) is 10.6 Å². The smallest absolute Gasteiger partial charge is 0.123 e. The molecular formula is C10H15IN2O. The summed E-state index contributed by atoms with van der Waals surface area (Å²) in [6.07, 6.45) is 3.13. The van der Waals surface area contributed by atoms with Crippen LogP contribution in [-0.2, 0) is 11.3 Å². The molecule has 0 bridgehead atoms. The second-order valence-corrected chi connectivity index (χ2v) is 5.04. The third kappa shape index (κ3) is 2.28. The second-order valence-electron chi connectivity index (χ2n) is 3.94. The number of hydrogen-bond donors (Lipinski definition) is 0. The average Bonchev–Trinajstić information content (AvgIpc) is 2.61. The van der Waals surface area contributed by atoms with Crippen molar-refractivity contribution in [1.29, 1.82) is 0 Å². The fraction of sp³-hybridized carbons (Fsp3) is 0.700. The molecule has 1 aliphatic rings. The van der Waals surface area contributed by atoms with E-state index < -0.39 is 0 Å². The van der Waals surface area contributed by atoms with Gasteiger partial charge >= 0.3 is 0 Å². The first-order valence-corrected chi connectivity index (χ1v) is 6.08. The number of aromatic nitrogens is 2. The number of ether oxygens (including phenoxy) is 1. The van der Waals surface area contributed by atoms with Crippen molar-refractivity contribution in [1.82, 2.24) is 9.78 Å². The monoisotopic (exact) mass is 306 g/mol. The molecule has 0 aliphatic carbocycles. The summed E-state index contributed by atoms with van der Waals surface area (Å²) in [6, 6.07) is 2.10. The molecule has 0 aromatic carbocycles. The SMILES string of the molecule is Cc1cc(I)nn1CC1CCC(C)O1. The van der Waals surface area contributed by atoms with Crippen LogP contribution in [0.5, 0.6) is 0 Å². The van der Waals surface area contributed by atoms with Crippen LogP contribution in [0.1, 0.15) is 25.5 Å². The van der Waals surface area contributed by atoms with Crippen LogP contribution in [0.3, 0.4) is 0 Å². The van der Waals surface area contributed by atoms with E-state index in [1.54, 1.807) is 0 Å². The van der Waals surface area contributed by atoms with E-state index >= 15 is 0 Å². The van der Waals surface area contributed by atoms with Crippen LogP contribution in [0.4, 0.5) is 0 Å². The molecule has 3 nitrogen and oxygen atoms in total. The van der Waals surface area contributed by atoms with E-state index in [0.717, 1.165) is 16.7 Å². The summed E-state index contributed by atoms with van der Waals surface area (Å²) in [7, 11) is 0. The van der Waals surface area contributed by atoms with Gasteiger partial charge in [0.1, 0.15) is 3.70 Å². The van der Waals surface area contributed by atoms with Gasteiger partial charge in [-0.2, -0.15) is 5.10 Å². The highest BCUT2D eigenvalue weighted by atomic mass is 127. The number of aryl methyl sites for hydroxylation is 1. The fourth-order valence-corrected chi connectivity index (χ4v) is 2.58. The predicted molar refractivity (Wildman–Crippen MR) is 63.3 cm³/mol. The molecule has 1 saturated heterocycles. The molecule has 2 unspecified atom stereocenters. The van der Waals surface area contributed by atoms with Gasteiger partial charge in [0.25, 0.3) is 0 Å². The lowest BCUT2D eigenvalue weighted by molar-refractivity contribution is 0.0433. The van der Waals surface area contributed by atoms with Crippen LogP contribution in [-0.4, -0.2) is 22.0 Å². The van der Waals surface area contributed by atoms with Crippen molar-refractivity contribution in [3.8, 4) is 0 Å². The summed E-state index contributed by atoms with van der Waals surface area (Å²) in [5.41, 5.74) is 1.22. The van der Waals surface area contributed by atoms with E-state index in [-0.39, 0.29) is 0 Å². The third-order valence-corrected chi connectivity index (χ3v) is 3.18. The maximum atomic E-state index is 5.77. The quantitative estimate of drug-likeness (QED) is 0.784. The molecule has 2 heterocycles. The highest BCUT2D eigenvalue weighted by Crippen LogP contribution is 2.21. The zero-order chi connectivity index (χ0) is 10.1. The first-order valence-electron chi connectivity index (χ1n) is 5.00. The molecule has 0 amide bonds. The Bertz CT molecular complexity index is 324. The molecule has 0 spiro atoms. The Morgan fingerprint density at radius 3 is 2.93 bits per heavy atom. The molecule has 0 N–H and O–H groups in total. The van der Waals surface area contributed by atoms with Crippen molar-refractivity contribution in [3.05, 3.63) is 15.5 Å². The first kappa shape index (κ1) is 10.4. The minimum Gasteiger partial charge on any atom is -0.373 e. The Labute approximate surface area is 98.0 Å². The fourth-order valence-electron chi connectivity index (χ4n) is 1.87. The lowest BCUT2D eigenvalue weighted by Gasteiger charge is -2.12. The minimum absolute atomic E-state index is 0.361. The van der Waals surface area contributed by atoms with E-state index in [0.29, 0.717) is 12.2 Å². The summed E-state index contributed by atoms with van der Waals surface area (Å²) < 4.78 is 8.87. The maximum absolute atomic E-state index is 5.77. The predicted octanol–water partition coefficient (Wildman–Crippen LogP) is 2.36. The normalized spacial score (nSPS) is 27.1. The van der Waals surface area contributed by atoms with Crippen molar-refractivity contribution in [2.24, 2.45) is 0 Å². The molecule has 1 aromatic heterocycles. The van der Waals surface area contributed by atoms with Gasteiger partial charge in [-0.05, 0) is 55.3 Å². The second kappa shape index (κ2) is 4.18. The Morgan fingerprint density at radius 1 is 1.64 bits per heavy atom. The van der Waals surface area contributed by atoms with Gasteiger partial charge in [-0.25, -0.2) is 0 Å². The molecule has 1 aromatic rings. The molecule has 2 rings (SSSR count). The highest BCUT2D eigenvalue weighted by Gasteiger charge is 2.22. The van der Waals surface area contributed by atoms with Gasteiger partial charge < -0.3 is 4.74 Å². The van der Waals surface area contributed by atoms with Gasteiger partial charge in [-0.15, -0.1) is 0 Å². The Morgan fingerprint density at radius 2 is 2.43 bits per heavy atom. The van der Waals surface area contributed by atoms with E-state index in [4.69, 9.17) is 4.74 Å². The van der Waals surface area contributed by atoms with Crippen LogP contribution >= 0.6 is 22.6 Å². The third-order valence-electron chi connectivity index (χ3n) is 2.65. The Hall–Kier alpha value is -0.100. The van der Waals surface area contributed by atoms with Crippen molar-refractivity contribution in [3.63, 3.8) is 0 Å². The number of hydrogen-bond acceptors (Lipinski definition) is 2. The van der Waals surface area contributed by atoms with Crippen LogP contribution < -0.4 is 0 Å². The van der Waals surface area contributed by atoms with Crippen molar-refractivity contribution < 1.29 is 4.74 Å². The van der Waals surface area contributed by atoms with Gasteiger partial charge in [0.15, 0.2) is 0 Å². The van der Waals surface area contributed by atoms with Crippen LogP contribution in [0.15, 0.2) is 6.07 Å². The van der Waals surface area contributed by atoms with E-state index in [2.05, 4.69) is 47.6 Å². The molecule has 4 heteroatoms. The molecular weight excluding hydrogens is 291 g/mol. The van der Waals surface area contributed by atoms with E-state index in [9.17, 15) is 0 Å². The molecule has 0 saturated carbocycles. The Balaban J connectivity index is 2.00. The maximum Gasteiger partial charge on any atom is 0.123 e. The lowest BCUT2D eigenvalue weighted by atomic mass is 10.2. The van der Waals surface area contributed by atoms with Crippen molar-refractivity contribution in [2.45, 2.75) is 45.4 Å². The minimum atomic E-state index is 0.361. The zero-order valence-electron chi connectivity index (χ0n) is 8.53. The van der Waals surface area contributed by atoms with E-state index in [1.807, 2.05) is 4.68 Å². The molecule has 1 fully saturated rings. The first-order chi connectivity index (χ1) is 6.65. The summed E-state index contributed by atoms with van der Waals surface area (Å²) >= 11 is 2.24. The molecule has 0 radical (unpaired) electrons.